The van der Waals surface area contributed by atoms with Gasteiger partial charge in [-0.05, 0) is 47.5 Å². The lowest BCUT2D eigenvalue weighted by Crippen LogP contribution is -2.03. The molecule has 0 amide bonds. The Morgan fingerprint density at radius 2 is 1.89 bits per heavy atom. The summed E-state index contributed by atoms with van der Waals surface area (Å²) in [6.45, 7) is 0. The second-order valence-corrected chi connectivity index (χ2v) is 5.92. The molecule has 0 radical (unpaired) electrons. The van der Waals surface area contributed by atoms with E-state index < -0.39 is 6.10 Å². The van der Waals surface area contributed by atoms with Crippen LogP contribution in [-0.4, -0.2) is 5.11 Å². The lowest BCUT2D eigenvalue weighted by molar-refractivity contribution is 0.178. The normalized spacial score (nSPS) is 12.5. The van der Waals surface area contributed by atoms with Crippen LogP contribution < -0.4 is 0 Å². The van der Waals surface area contributed by atoms with E-state index in [1.54, 1.807) is 18.2 Å². The highest BCUT2D eigenvalue weighted by atomic mass is 79.9. The molecule has 0 saturated carbocycles. The van der Waals surface area contributed by atoms with Crippen LogP contribution in [0.25, 0.3) is 0 Å². The van der Waals surface area contributed by atoms with Gasteiger partial charge in [0.15, 0.2) is 0 Å². The van der Waals surface area contributed by atoms with Gasteiger partial charge in [-0.2, -0.15) is 0 Å². The van der Waals surface area contributed by atoms with Crippen molar-refractivity contribution in [2.24, 2.45) is 0 Å². The van der Waals surface area contributed by atoms with Crippen molar-refractivity contribution in [1.82, 2.24) is 0 Å². The number of hydrogen-bond acceptors (Lipinski definition) is 1. The third kappa shape index (κ3) is 3.93. The molecule has 0 bridgehead atoms. The number of aliphatic hydroxyl groups excluding tert-OH is 1. The molecule has 0 aliphatic heterocycles. The van der Waals surface area contributed by atoms with E-state index in [-0.39, 0.29) is 12.2 Å². The fourth-order valence-corrected chi connectivity index (χ4v) is 2.87. The summed E-state index contributed by atoms with van der Waals surface area (Å²) in [6.07, 6.45) is -0.571. The fraction of sp³-hybridized carbons (Fsp3) is 0.143. The van der Waals surface area contributed by atoms with Crippen molar-refractivity contribution in [2.45, 2.75) is 12.5 Å². The number of hydrogen-bond donors (Lipinski definition) is 1. The maximum atomic E-state index is 13.2. The van der Waals surface area contributed by atoms with Gasteiger partial charge in [0.05, 0.1) is 6.10 Å². The minimum absolute atomic E-state index is 0.226. The first-order valence-electron chi connectivity index (χ1n) is 5.53. The van der Waals surface area contributed by atoms with Crippen LogP contribution in [0.3, 0.4) is 0 Å². The minimum Gasteiger partial charge on any atom is -0.388 e. The van der Waals surface area contributed by atoms with E-state index >= 15 is 0 Å². The minimum atomic E-state index is -0.797. The summed E-state index contributed by atoms with van der Waals surface area (Å²) in [4.78, 5) is 0. The highest BCUT2D eigenvalue weighted by Crippen LogP contribution is 2.28. The van der Waals surface area contributed by atoms with Crippen LogP contribution in [0.15, 0.2) is 40.9 Å². The lowest BCUT2D eigenvalue weighted by Gasteiger charge is -2.13. The van der Waals surface area contributed by atoms with Crippen LogP contribution in [0.4, 0.5) is 4.39 Å². The average molecular weight is 364 g/mol. The van der Waals surface area contributed by atoms with Crippen LogP contribution in [0.5, 0.6) is 0 Å². The topological polar surface area (TPSA) is 20.2 Å². The molecular formula is C14H10BrCl2FO. The van der Waals surface area contributed by atoms with E-state index in [1.807, 2.05) is 0 Å². The molecule has 0 saturated heterocycles. The monoisotopic (exact) mass is 362 g/mol. The zero-order valence-corrected chi connectivity index (χ0v) is 12.8. The SMILES string of the molecule is OC(Cc1cc(F)ccc1Cl)c1cc(Cl)cc(Br)c1. The maximum absolute atomic E-state index is 13.2. The van der Waals surface area contributed by atoms with Gasteiger partial charge in [0.25, 0.3) is 0 Å². The Balaban J connectivity index is 2.25. The second kappa shape index (κ2) is 6.23. The van der Waals surface area contributed by atoms with Crippen molar-refractivity contribution in [1.29, 1.82) is 0 Å². The van der Waals surface area contributed by atoms with E-state index in [0.717, 1.165) is 4.47 Å². The average Bonchev–Trinajstić information content (AvgIpc) is 2.32. The van der Waals surface area contributed by atoms with Gasteiger partial charge in [-0.25, -0.2) is 4.39 Å². The summed E-state index contributed by atoms with van der Waals surface area (Å²) >= 11 is 15.2. The molecule has 2 aromatic rings. The molecule has 100 valence electrons. The molecule has 0 spiro atoms. The highest BCUT2D eigenvalue weighted by molar-refractivity contribution is 9.10. The third-order valence-electron chi connectivity index (χ3n) is 2.69. The van der Waals surface area contributed by atoms with Gasteiger partial charge < -0.3 is 5.11 Å². The first-order chi connectivity index (χ1) is 8.95. The lowest BCUT2D eigenvalue weighted by atomic mass is 10.0. The molecular weight excluding hydrogens is 354 g/mol. The van der Waals surface area contributed by atoms with Gasteiger partial charge in [0, 0.05) is 20.9 Å². The summed E-state index contributed by atoms with van der Waals surface area (Å²) in [5, 5.41) is 11.1. The van der Waals surface area contributed by atoms with E-state index in [1.165, 1.54) is 18.2 Å². The first-order valence-corrected chi connectivity index (χ1v) is 7.08. The summed E-state index contributed by atoms with van der Waals surface area (Å²) in [6, 6.07) is 9.26. The Hall–Kier alpha value is -0.610. The molecule has 2 aromatic carbocycles. The molecule has 1 N–H and O–H groups in total. The van der Waals surface area contributed by atoms with Crippen LogP contribution in [0.2, 0.25) is 10.0 Å². The van der Waals surface area contributed by atoms with Crippen molar-refractivity contribution in [2.75, 3.05) is 0 Å². The van der Waals surface area contributed by atoms with Crippen molar-refractivity contribution in [3.8, 4) is 0 Å². The molecule has 1 atom stereocenters. The van der Waals surface area contributed by atoms with Crippen molar-refractivity contribution in [3.63, 3.8) is 0 Å². The van der Waals surface area contributed by atoms with Crippen molar-refractivity contribution in [3.05, 3.63) is 67.9 Å². The van der Waals surface area contributed by atoms with E-state index in [0.29, 0.717) is 21.2 Å². The molecule has 1 nitrogen and oxygen atoms in total. The zero-order valence-electron chi connectivity index (χ0n) is 9.71. The largest absolute Gasteiger partial charge is 0.388 e. The van der Waals surface area contributed by atoms with E-state index in [4.69, 9.17) is 23.2 Å². The predicted octanol–water partition coefficient (Wildman–Crippen LogP) is 5.17. The number of halogens is 4. The standard InChI is InChI=1S/C14H10BrCl2FO/c15-10-3-9(4-11(16)7-10)14(19)6-8-5-12(18)1-2-13(8)17/h1-5,7,14,19H,6H2. The molecule has 0 aliphatic carbocycles. The molecule has 1 unspecified atom stereocenters. The summed E-state index contributed by atoms with van der Waals surface area (Å²) in [5.74, 6) is -0.376. The predicted molar refractivity (Wildman–Crippen MR) is 79.2 cm³/mol. The Kier molecular flexibility index (Phi) is 4.85. The maximum Gasteiger partial charge on any atom is 0.123 e. The smallest absolute Gasteiger partial charge is 0.123 e. The molecule has 0 aromatic heterocycles. The highest BCUT2D eigenvalue weighted by Gasteiger charge is 2.13. The first kappa shape index (κ1) is 14.8. The van der Waals surface area contributed by atoms with Crippen LogP contribution >= 0.6 is 39.1 Å². The van der Waals surface area contributed by atoms with Crippen LogP contribution in [0.1, 0.15) is 17.2 Å². The number of aliphatic hydroxyl groups is 1. The third-order valence-corrected chi connectivity index (χ3v) is 3.74. The zero-order chi connectivity index (χ0) is 14.0. The van der Waals surface area contributed by atoms with E-state index in [9.17, 15) is 9.50 Å². The van der Waals surface area contributed by atoms with Gasteiger partial charge in [-0.3, -0.25) is 0 Å². The van der Waals surface area contributed by atoms with Gasteiger partial charge in [0.1, 0.15) is 5.82 Å². The Bertz CT molecular complexity index is 584. The molecule has 0 heterocycles. The molecule has 19 heavy (non-hydrogen) atoms. The summed E-state index contributed by atoms with van der Waals surface area (Å²) < 4.78 is 13.9. The number of benzene rings is 2. The summed E-state index contributed by atoms with van der Waals surface area (Å²) in [7, 11) is 0. The molecule has 0 fully saturated rings. The van der Waals surface area contributed by atoms with Crippen LogP contribution in [-0.2, 0) is 6.42 Å². The van der Waals surface area contributed by atoms with Crippen molar-refractivity contribution < 1.29 is 9.50 Å². The van der Waals surface area contributed by atoms with Gasteiger partial charge in [-0.15, -0.1) is 0 Å². The number of rotatable bonds is 3. The Morgan fingerprint density at radius 1 is 1.16 bits per heavy atom. The Labute approximate surface area is 129 Å². The van der Waals surface area contributed by atoms with Gasteiger partial charge in [-0.1, -0.05) is 39.1 Å². The Morgan fingerprint density at radius 3 is 2.58 bits per heavy atom. The fourth-order valence-electron chi connectivity index (χ4n) is 1.79. The van der Waals surface area contributed by atoms with Crippen molar-refractivity contribution >= 4 is 39.1 Å². The van der Waals surface area contributed by atoms with Gasteiger partial charge in [0.2, 0.25) is 0 Å². The molecule has 5 heteroatoms. The quantitative estimate of drug-likeness (QED) is 0.797. The second-order valence-electron chi connectivity index (χ2n) is 4.16. The van der Waals surface area contributed by atoms with Crippen LogP contribution in [0, 0.1) is 5.82 Å². The van der Waals surface area contributed by atoms with Gasteiger partial charge >= 0.3 is 0 Å². The molecule has 0 aliphatic rings. The summed E-state index contributed by atoms with van der Waals surface area (Å²) in [5.41, 5.74) is 1.21. The molecule has 2 rings (SSSR count). The van der Waals surface area contributed by atoms with E-state index in [2.05, 4.69) is 15.9 Å².